The van der Waals surface area contributed by atoms with Gasteiger partial charge in [0.2, 0.25) is 0 Å². The monoisotopic (exact) mass is 527 g/mol. The summed E-state index contributed by atoms with van der Waals surface area (Å²) in [4.78, 5) is 10.9. The fourth-order valence-electron chi connectivity index (χ4n) is 5.11. The first-order chi connectivity index (χ1) is 18.4. The number of nitrogens with zero attached hydrogens (tertiary/aromatic N) is 3. The first-order valence-corrected chi connectivity index (χ1v) is 13.4. The average Bonchev–Trinajstić information content (AvgIpc) is 3.71. The summed E-state index contributed by atoms with van der Waals surface area (Å²) in [6, 6.07) is 12.5. The van der Waals surface area contributed by atoms with Crippen molar-refractivity contribution < 1.29 is 8.78 Å². The number of hydrogen-bond acceptors (Lipinski definition) is 4. The Hall–Kier alpha value is -3.88. The number of hydrogen-bond donors (Lipinski definition) is 2. The minimum absolute atomic E-state index is 0.0908. The normalized spacial score (nSPS) is 16.6. The summed E-state index contributed by atoms with van der Waals surface area (Å²) in [6.45, 7) is 6.54. The van der Waals surface area contributed by atoms with E-state index in [1.54, 1.807) is 22.3 Å². The number of aromatic amines is 2. The van der Waals surface area contributed by atoms with Crippen LogP contribution < -0.4 is 0 Å². The van der Waals surface area contributed by atoms with E-state index < -0.39 is 5.92 Å². The summed E-state index contributed by atoms with van der Waals surface area (Å²) in [5, 5.41) is 11.9. The van der Waals surface area contributed by atoms with Crippen molar-refractivity contribution in [2.45, 2.75) is 19.3 Å². The van der Waals surface area contributed by atoms with Crippen molar-refractivity contribution in [3.05, 3.63) is 90.1 Å². The highest BCUT2D eigenvalue weighted by Crippen LogP contribution is 2.36. The van der Waals surface area contributed by atoms with Crippen LogP contribution in [0.25, 0.3) is 49.2 Å². The first kappa shape index (κ1) is 24.5. The number of thiophene rings is 1. The average molecular weight is 528 g/mol. The van der Waals surface area contributed by atoms with Crippen molar-refractivity contribution in [2.24, 2.45) is 0 Å². The van der Waals surface area contributed by atoms with E-state index in [0.29, 0.717) is 13.1 Å². The van der Waals surface area contributed by atoms with Gasteiger partial charge < -0.3 is 4.98 Å². The highest BCUT2D eigenvalue weighted by atomic mass is 32.1. The molecule has 0 atom stereocenters. The molecule has 0 saturated carbocycles. The number of H-pyrrole nitrogens is 2. The standard InChI is InChI=1S/C30H27F2N5S/c1-3-19(17-37-10-9-30(31,32)18-37)12-20(4-2)21-7-8-25-23(13-21)29(36-35-25)26-14-22-24(28-6-5-11-38-28)15-33-16-27(22)34-26/h3-8,11-16,34H,1,9-10,17-18H2,2H3,(H,35,36)/b19-12+,20-4+. The van der Waals surface area contributed by atoms with Crippen molar-refractivity contribution in [1.29, 1.82) is 0 Å². The Morgan fingerprint density at radius 2 is 2.08 bits per heavy atom. The third-order valence-corrected chi connectivity index (χ3v) is 7.96. The van der Waals surface area contributed by atoms with Crippen LogP contribution in [0.3, 0.4) is 0 Å². The maximum absolute atomic E-state index is 13.7. The molecule has 1 aliphatic rings. The Morgan fingerprint density at radius 1 is 1.18 bits per heavy atom. The molecule has 0 unspecified atom stereocenters. The van der Waals surface area contributed by atoms with E-state index in [1.807, 2.05) is 49.7 Å². The topological polar surface area (TPSA) is 60.6 Å². The van der Waals surface area contributed by atoms with Gasteiger partial charge in [-0.1, -0.05) is 36.9 Å². The lowest BCUT2D eigenvalue weighted by Gasteiger charge is -2.16. The predicted octanol–water partition coefficient (Wildman–Crippen LogP) is 7.69. The molecule has 1 aromatic carbocycles. The Labute approximate surface area is 223 Å². The molecule has 0 amide bonds. The molecular formula is C30H27F2N5S. The molecule has 5 aromatic rings. The molecule has 1 fully saturated rings. The summed E-state index contributed by atoms with van der Waals surface area (Å²) in [5.41, 5.74) is 7.65. The fourth-order valence-corrected chi connectivity index (χ4v) is 5.86. The van der Waals surface area contributed by atoms with Crippen LogP contribution in [0.1, 0.15) is 18.9 Å². The van der Waals surface area contributed by atoms with Gasteiger partial charge in [-0.15, -0.1) is 11.3 Å². The molecule has 5 nitrogen and oxygen atoms in total. The SMILES string of the molecule is C=C/C(=C\C(=C/C)c1ccc2[nH]nc(-c3cc4c(-c5cccs5)cncc4[nH]3)c2c1)CN1CCC(F)(F)C1. The van der Waals surface area contributed by atoms with Gasteiger partial charge in [0.05, 0.1) is 29.5 Å². The molecule has 4 aromatic heterocycles. The quantitative estimate of drug-likeness (QED) is 0.213. The van der Waals surface area contributed by atoms with Gasteiger partial charge in [0.1, 0.15) is 5.69 Å². The van der Waals surface area contributed by atoms with Gasteiger partial charge in [-0.3, -0.25) is 15.0 Å². The fraction of sp³-hybridized carbons (Fsp3) is 0.200. The van der Waals surface area contributed by atoms with Crippen LogP contribution in [-0.4, -0.2) is 50.6 Å². The number of allylic oxidation sites excluding steroid dienone is 3. The molecule has 192 valence electrons. The molecule has 1 saturated heterocycles. The summed E-state index contributed by atoms with van der Waals surface area (Å²) in [6.07, 6.45) is 9.47. The zero-order valence-corrected chi connectivity index (χ0v) is 21.8. The zero-order chi connectivity index (χ0) is 26.3. The van der Waals surface area contributed by atoms with E-state index in [9.17, 15) is 8.78 Å². The second-order valence-electron chi connectivity index (χ2n) is 9.63. The zero-order valence-electron chi connectivity index (χ0n) is 21.0. The lowest BCUT2D eigenvalue weighted by molar-refractivity contribution is 0.0131. The second kappa shape index (κ2) is 9.78. The molecule has 6 rings (SSSR count). The number of pyridine rings is 1. The summed E-state index contributed by atoms with van der Waals surface area (Å²) >= 11 is 1.69. The van der Waals surface area contributed by atoms with E-state index >= 15 is 0 Å². The number of rotatable bonds is 7. The number of likely N-dealkylation sites (tertiary alicyclic amines) is 1. The largest absolute Gasteiger partial charge is 0.352 e. The molecule has 8 heteroatoms. The molecule has 2 N–H and O–H groups in total. The molecule has 0 aliphatic carbocycles. The lowest BCUT2D eigenvalue weighted by atomic mass is 10.00. The molecule has 38 heavy (non-hydrogen) atoms. The van der Waals surface area contributed by atoms with Crippen molar-refractivity contribution >= 4 is 38.7 Å². The lowest BCUT2D eigenvalue weighted by Crippen LogP contribution is -2.26. The van der Waals surface area contributed by atoms with Crippen LogP contribution in [-0.2, 0) is 0 Å². The highest BCUT2D eigenvalue weighted by Gasteiger charge is 2.37. The summed E-state index contributed by atoms with van der Waals surface area (Å²) in [5.74, 6) is -2.61. The second-order valence-corrected chi connectivity index (χ2v) is 10.6. The molecule has 0 bridgehead atoms. The van der Waals surface area contributed by atoms with Gasteiger partial charge in [0.25, 0.3) is 5.92 Å². The third-order valence-electron chi connectivity index (χ3n) is 7.05. The van der Waals surface area contributed by atoms with Crippen molar-refractivity contribution in [3.8, 4) is 21.8 Å². The van der Waals surface area contributed by atoms with Crippen LogP contribution in [0.15, 0.2) is 84.6 Å². The van der Waals surface area contributed by atoms with Crippen LogP contribution in [0.2, 0.25) is 0 Å². The van der Waals surface area contributed by atoms with Gasteiger partial charge in [-0.2, -0.15) is 5.10 Å². The van der Waals surface area contributed by atoms with E-state index in [2.05, 4.69) is 50.3 Å². The third kappa shape index (κ3) is 4.61. The molecule has 5 heterocycles. The highest BCUT2D eigenvalue weighted by molar-refractivity contribution is 7.13. The number of fused-ring (bicyclic) bond motifs is 2. The summed E-state index contributed by atoms with van der Waals surface area (Å²) < 4.78 is 27.4. The maximum Gasteiger partial charge on any atom is 0.261 e. The Morgan fingerprint density at radius 3 is 2.82 bits per heavy atom. The Balaban J connectivity index is 1.35. The van der Waals surface area contributed by atoms with Gasteiger partial charge in [-0.05, 0) is 53.3 Å². The van der Waals surface area contributed by atoms with Crippen LogP contribution in [0.5, 0.6) is 0 Å². The van der Waals surface area contributed by atoms with Gasteiger partial charge in [0.15, 0.2) is 0 Å². The van der Waals surface area contributed by atoms with E-state index in [0.717, 1.165) is 55.5 Å². The van der Waals surface area contributed by atoms with Crippen molar-refractivity contribution in [1.82, 2.24) is 25.1 Å². The van der Waals surface area contributed by atoms with Gasteiger partial charge >= 0.3 is 0 Å². The van der Waals surface area contributed by atoms with Crippen LogP contribution in [0, 0.1) is 0 Å². The molecular weight excluding hydrogens is 500 g/mol. The number of halogens is 2. The molecule has 0 radical (unpaired) electrons. The van der Waals surface area contributed by atoms with E-state index in [1.165, 1.54) is 4.88 Å². The van der Waals surface area contributed by atoms with E-state index in [4.69, 9.17) is 0 Å². The van der Waals surface area contributed by atoms with Crippen molar-refractivity contribution in [2.75, 3.05) is 19.6 Å². The van der Waals surface area contributed by atoms with Crippen LogP contribution in [0.4, 0.5) is 8.78 Å². The van der Waals surface area contributed by atoms with Gasteiger partial charge in [0, 0.05) is 46.9 Å². The number of benzene rings is 1. The van der Waals surface area contributed by atoms with E-state index in [-0.39, 0.29) is 13.0 Å². The predicted molar refractivity (Wildman–Crippen MR) is 152 cm³/mol. The first-order valence-electron chi connectivity index (χ1n) is 12.5. The minimum atomic E-state index is -2.61. The maximum atomic E-state index is 13.7. The number of alkyl halides is 2. The van der Waals surface area contributed by atoms with Gasteiger partial charge in [-0.25, -0.2) is 8.78 Å². The Kier molecular flexibility index (Phi) is 6.29. The Bertz CT molecular complexity index is 1690. The smallest absolute Gasteiger partial charge is 0.261 e. The van der Waals surface area contributed by atoms with Crippen molar-refractivity contribution in [3.63, 3.8) is 0 Å². The molecule has 1 aliphatic heterocycles. The molecule has 0 spiro atoms. The number of aromatic nitrogens is 4. The minimum Gasteiger partial charge on any atom is -0.352 e. The summed E-state index contributed by atoms with van der Waals surface area (Å²) in [7, 11) is 0. The van der Waals surface area contributed by atoms with Crippen LogP contribution >= 0.6 is 11.3 Å². The number of nitrogens with one attached hydrogen (secondary N) is 2.